The summed E-state index contributed by atoms with van der Waals surface area (Å²) in [6.45, 7) is 3.25. The molecule has 0 spiro atoms. The maximum Gasteiger partial charge on any atom is 0.331 e. The molecule has 1 fully saturated rings. The number of benzene rings is 1. The van der Waals surface area contributed by atoms with Crippen LogP contribution in [0.5, 0.6) is 0 Å². The first-order valence-corrected chi connectivity index (χ1v) is 6.87. The summed E-state index contributed by atoms with van der Waals surface area (Å²) in [5.74, 6) is -1.63. The van der Waals surface area contributed by atoms with Gasteiger partial charge in [0.25, 0.3) is 0 Å². The molecule has 0 aromatic heterocycles. The van der Waals surface area contributed by atoms with Crippen molar-refractivity contribution in [2.45, 2.75) is 33.2 Å². The van der Waals surface area contributed by atoms with Gasteiger partial charge in [0, 0.05) is 5.56 Å². The van der Waals surface area contributed by atoms with Crippen molar-refractivity contribution in [1.29, 1.82) is 0 Å². The zero-order valence-electron chi connectivity index (χ0n) is 12.0. The Morgan fingerprint density at radius 2 is 1.76 bits per heavy atom. The van der Waals surface area contributed by atoms with Gasteiger partial charge in [-0.05, 0) is 18.9 Å². The van der Waals surface area contributed by atoms with E-state index in [1.54, 1.807) is 19.9 Å². The van der Waals surface area contributed by atoms with Crippen molar-refractivity contribution < 1.29 is 18.8 Å². The summed E-state index contributed by atoms with van der Waals surface area (Å²) in [4.78, 5) is 37.4. The highest BCUT2D eigenvalue weighted by atomic mass is 19.1. The second-order valence-corrected chi connectivity index (χ2v) is 5.03. The Morgan fingerprint density at radius 1 is 1.14 bits per heavy atom. The number of amides is 4. The third-order valence-corrected chi connectivity index (χ3v) is 4.05. The molecule has 1 aliphatic heterocycles. The normalized spacial score (nSPS) is 17.9. The molecule has 1 aromatic carbocycles. The molecule has 112 valence electrons. The Balaban J connectivity index is 2.35. The van der Waals surface area contributed by atoms with Crippen LogP contribution in [0.15, 0.2) is 24.3 Å². The number of barbiturate groups is 1. The number of nitrogens with zero attached hydrogens (tertiary/aromatic N) is 1. The molecule has 1 N–H and O–H groups in total. The molecule has 5 nitrogen and oxygen atoms in total. The Bertz CT molecular complexity index is 596. The highest BCUT2D eigenvalue weighted by molar-refractivity contribution is 6.19. The van der Waals surface area contributed by atoms with Gasteiger partial charge in [0.2, 0.25) is 11.8 Å². The van der Waals surface area contributed by atoms with Gasteiger partial charge in [0.15, 0.2) is 0 Å². The largest absolute Gasteiger partial charge is 0.331 e. The zero-order chi connectivity index (χ0) is 15.6. The maximum absolute atomic E-state index is 13.7. The molecule has 21 heavy (non-hydrogen) atoms. The summed E-state index contributed by atoms with van der Waals surface area (Å²) in [5.41, 5.74) is -1.02. The third kappa shape index (κ3) is 2.41. The first-order valence-electron chi connectivity index (χ1n) is 6.87. The molecule has 0 bridgehead atoms. The van der Waals surface area contributed by atoms with Crippen molar-refractivity contribution in [3.63, 3.8) is 0 Å². The van der Waals surface area contributed by atoms with E-state index < -0.39 is 29.1 Å². The summed E-state index contributed by atoms with van der Waals surface area (Å²) >= 11 is 0. The van der Waals surface area contributed by atoms with Crippen LogP contribution in [0.25, 0.3) is 0 Å². The number of nitrogens with one attached hydrogen (secondary N) is 1. The van der Waals surface area contributed by atoms with Gasteiger partial charge in [-0.25, -0.2) is 9.18 Å². The minimum Gasteiger partial charge on any atom is -0.277 e. The average Bonchev–Trinajstić information content (AvgIpc) is 2.46. The Kier molecular flexibility index (Phi) is 4.06. The number of urea groups is 1. The van der Waals surface area contributed by atoms with Gasteiger partial charge in [-0.15, -0.1) is 0 Å². The van der Waals surface area contributed by atoms with Crippen LogP contribution in [0.1, 0.15) is 32.3 Å². The van der Waals surface area contributed by atoms with E-state index in [0.29, 0.717) is 0 Å². The minimum absolute atomic E-state index is 0.188. The molecule has 0 aliphatic carbocycles. The monoisotopic (exact) mass is 292 g/mol. The molecule has 6 heteroatoms. The highest BCUT2D eigenvalue weighted by Gasteiger charge is 2.51. The number of hydrogen-bond donors (Lipinski definition) is 1. The summed E-state index contributed by atoms with van der Waals surface area (Å²) < 4.78 is 13.7. The van der Waals surface area contributed by atoms with Crippen LogP contribution >= 0.6 is 0 Å². The molecule has 4 amide bonds. The minimum atomic E-state index is -1.25. The maximum atomic E-state index is 13.7. The molecular weight excluding hydrogens is 275 g/mol. The van der Waals surface area contributed by atoms with Gasteiger partial charge >= 0.3 is 6.03 Å². The summed E-state index contributed by atoms with van der Waals surface area (Å²) in [5, 5.41) is 2.20. The number of halogens is 1. The molecule has 1 aromatic rings. The van der Waals surface area contributed by atoms with Gasteiger partial charge in [0.1, 0.15) is 11.2 Å². The first-order chi connectivity index (χ1) is 9.96. The predicted molar refractivity (Wildman–Crippen MR) is 73.5 cm³/mol. The van der Waals surface area contributed by atoms with Crippen LogP contribution in [-0.2, 0) is 16.1 Å². The Hall–Kier alpha value is -2.24. The molecule has 1 aliphatic rings. The second-order valence-electron chi connectivity index (χ2n) is 5.03. The van der Waals surface area contributed by atoms with Crippen molar-refractivity contribution in [1.82, 2.24) is 10.2 Å². The number of hydrogen-bond acceptors (Lipinski definition) is 3. The van der Waals surface area contributed by atoms with Crippen LogP contribution in [0.4, 0.5) is 9.18 Å². The van der Waals surface area contributed by atoms with Crippen LogP contribution in [0.3, 0.4) is 0 Å². The molecule has 2 rings (SSSR count). The molecule has 1 saturated heterocycles. The first kappa shape index (κ1) is 15.2. The van der Waals surface area contributed by atoms with E-state index in [4.69, 9.17) is 0 Å². The quantitative estimate of drug-likeness (QED) is 0.865. The van der Waals surface area contributed by atoms with Crippen molar-refractivity contribution in [2.24, 2.45) is 5.41 Å². The van der Waals surface area contributed by atoms with Gasteiger partial charge in [0.05, 0.1) is 6.54 Å². The van der Waals surface area contributed by atoms with Crippen LogP contribution in [-0.4, -0.2) is 22.7 Å². The average molecular weight is 292 g/mol. The molecule has 0 atom stereocenters. The molecule has 0 unspecified atom stereocenters. The molecule has 1 heterocycles. The van der Waals surface area contributed by atoms with E-state index in [2.05, 4.69) is 5.32 Å². The topological polar surface area (TPSA) is 66.5 Å². The fraction of sp³-hybridized carbons (Fsp3) is 0.400. The summed E-state index contributed by atoms with van der Waals surface area (Å²) in [6, 6.07) is 5.13. The number of rotatable bonds is 4. The van der Waals surface area contributed by atoms with Crippen LogP contribution in [0.2, 0.25) is 0 Å². The number of imide groups is 2. The van der Waals surface area contributed by atoms with Gasteiger partial charge in [-0.1, -0.05) is 32.0 Å². The van der Waals surface area contributed by atoms with E-state index in [-0.39, 0.29) is 24.9 Å². The lowest BCUT2D eigenvalue weighted by atomic mass is 9.78. The van der Waals surface area contributed by atoms with E-state index >= 15 is 0 Å². The van der Waals surface area contributed by atoms with Gasteiger partial charge < -0.3 is 0 Å². The van der Waals surface area contributed by atoms with E-state index in [1.165, 1.54) is 18.2 Å². The lowest BCUT2D eigenvalue weighted by molar-refractivity contribution is -0.152. The Labute approximate surface area is 122 Å². The number of carbonyl (C=O) groups is 3. The van der Waals surface area contributed by atoms with Crippen molar-refractivity contribution in [3.05, 3.63) is 35.6 Å². The summed E-state index contributed by atoms with van der Waals surface area (Å²) in [6.07, 6.45) is 0.574. The Morgan fingerprint density at radius 3 is 2.33 bits per heavy atom. The second kappa shape index (κ2) is 5.63. The van der Waals surface area contributed by atoms with E-state index in [9.17, 15) is 18.8 Å². The van der Waals surface area contributed by atoms with Crippen LogP contribution < -0.4 is 5.32 Å². The smallest absolute Gasteiger partial charge is 0.277 e. The molecule has 0 saturated carbocycles. The fourth-order valence-electron chi connectivity index (χ4n) is 2.55. The molecular formula is C15H17FN2O3. The fourth-order valence-corrected chi connectivity index (χ4v) is 2.55. The number of carbonyl (C=O) groups excluding carboxylic acids is 3. The lowest BCUT2D eigenvalue weighted by Crippen LogP contribution is -2.63. The standard InChI is InChI=1S/C15H17FN2O3/c1-3-15(4-2)12(19)17-14(21)18(13(15)20)9-10-7-5-6-8-11(10)16/h5-8H,3-4,9H2,1-2H3,(H,17,19,21). The van der Waals surface area contributed by atoms with Crippen molar-refractivity contribution in [2.75, 3.05) is 0 Å². The van der Waals surface area contributed by atoms with Crippen molar-refractivity contribution >= 4 is 17.8 Å². The molecule has 0 radical (unpaired) electrons. The van der Waals surface area contributed by atoms with Crippen molar-refractivity contribution in [3.8, 4) is 0 Å². The predicted octanol–water partition coefficient (Wildman–Crippen LogP) is 2.21. The van der Waals surface area contributed by atoms with Crippen LogP contribution in [0, 0.1) is 11.2 Å². The SMILES string of the molecule is CCC1(CC)C(=O)NC(=O)N(Cc2ccccc2F)C1=O. The lowest BCUT2D eigenvalue weighted by Gasteiger charge is -2.38. The van der Waals surface area contributed by atoms with Gasteiger partial charge in [-0.3, -0.25) is 19.8 Å². The zero-order valence-corrected chi connectivity index (χ0v) is 12.0. The highest BCUT2D eigenvalue weighted by Crippen LogP contribution is 2.33. The van der Waals surface area contributed by atoms with Gasteiger partial charge in [-0.2, -0.15) is 0 Å². The van der Waals surface area contributed by atoms with E-state index in [1.807, 2.05) is 0 Å². The third-order valence-electron chi connectivity index (χ3n) is 4.05. The summed E-state index contributed by atoms with van der Waals surface area (Å²) in [7, 11) is 0. The van der Waals surface area contributed by atoms with E-state index in [0.717, 1.165) is 4.90 Å².